The number of rotatable bonds is 3. The second kappa shape index (κ2) is 6.15. The molecule has 1 saturated heterocycles. The van der Waals surface area contributed by atoms with Crippen LogP contribution in [0.25, 0.3) is 0 Å². The van der Waals surface area contributed by atoms with Gasteiger partial charge in [0.2, 0.25) is 0 Å². The van der Waals surface area contributed by atoms with E-state index in [4.69, 9.17) is 4.74 Å². The van der Waals surface area contributed by atoms with Gasteiger partial charge in [0.15, 0.2) is 0 Å². The Balaban J connectivity index is 2.02. The highest BCUT2D eigenvalue weighted by molar-refractivity contribution is 5.72. The Kier molecular flexibility index (Phi) is 4.53. The van der Waals surface area contributed by atoms with E-state index in [1.54, 1.807) is 12.1 Å². The lowest BCUT2D eigenvalue weighted by atomic mass is 9.97. The molecule has 0 amide bonds. The van der Waals surface area contributed by atoms with Gasteiger partial charge < -0.3 is 4.74 Å². The van der Waals surface area contributed by atoms with Gasteiger partial charge in [-0.25, -0.2) is 4.39 Å². The monoisotopic (exact) mass is 265 g/mol. The second-order valence-electron chi connectivity index (χ2n) is 5.17. The van der Waals surface area contributed by atoms with E-state index in [0.717, 1.165) is 30.5 Å². The number of piperidine rings is 1. The lowest BCUT2D eigenvalue weighted by molar-refractivity contribution is -0.147. The molecule has 19 heavy (non-hydrogen) atoms. The molecule has 1 aromatic rings. The van der Waals surface area contributed by atoms with Gasteiger partial charge in [-0.1, -0.05) is 6.07 Å². The normalized spacial score (nSPS) is 20.3. The molecule has 1 aliphatic rings. The number of esters is 1. The lowest BCUT2D eigenvalue weighted by Crippen LogP contribution is -2.38. The fraction of sp³-hybridized carbons (Fsp3) is 0.533. The maximum atomic E-state index is 13.3. The van der Waals surface area contributed by atoms with Crippen LogP contribution in [0.3, 0.4) is 0 Å². The van der Waals surface area contributed by atoms with E-state index < -0.39 is 0 Å². The molecule has 1 aromatic carbocycles. The molecule has 0 spiro atoms. The summed E-state index contributed by atoms with van der Waals surface area (Å²) >= 11 is 0. The largest absolute Gasteiger partial charge is 0.469 e. The third-order valence-corrected chi connectivity index (χ3v) is 3.75. The first-order valence-corrected chi connectivity index (χ1v) is 6.65. The first-order chi connectivity index (χ1) is 9.10. The molecule has 104 valence electrons. The minimum atomic E-state index is -0.206. The van der Waals surface area contributed by atoms with Crippen LogP contribution >= 0.6 is 0 Å². The van der Waals surface area contributed by atoms with Crippen molar-refractivity contribution in [2.24, 2.45) is 5.92 Å². The van der Waals surface area contributed by atoms with E-state index in [-0.39, 0.29) is 17.7 Å². The molecule has 0 bridgehead atoms. The third-order valence-electron chi connectivity index (χ3n) is 3.75. The average molecular weight is 265 g/mol. The zero-order valence-electron chi connectivity index (χ0n) is 11.5. The molecular formula is C15H20FNO2. The molecule has 1 atom stereocenters. The molecule has 1 heterocycles. The van der Waals surface area contributed by atoms with Crippen LogP contribution in [0.5, 0.6) is 0 Å². The Morgan fingerprint density at radius 2 is 2.32 bits per heavy atom. The van der Waals surface area contributed by atoms with E-state index in [9.17, 15) is 9.18 Å². The summed E-state index contributed by atoms with van der Waals surface area (Å²) in [5.74, 6) is -0.393. The minimum absolute atomic E-state index is 0.0485. The molecule has 0 radical (unpaired) electrons. The number of halogens is 1. The van der Waals surface area contributed by atoms with Gasteiger partial charge in [-0.15, -0.1) is 0 Å². The predicted molar refractivity (Wildman–Crippen MR) is 71.2 cm³/mol. The number of carbonyl (C=O) groups excluding carboxylic acids is 1. The van der Waals surface area contributed by atoms with Crippen LogP contribution in [-0.4, -0.2) is 31.1 Å². The fourth-order valence-corrected chi connectivity index (χ4v) is 2.61. The molecule has 2 rings (SSSR count). The molecule has 1 aliphatic heterocycles. The van der Waals surface area contributed by atoms with E-state index in [1.807, 2.05) is 6.92 Å². The Labute approximate surface area is 113 Å². The second-order valence-corrected chi connectivity index (χ2v) is 5.17. The maximum Gasteiger partial charge on any atom is 0.309 e. The topological polar surface area (TPSA) is 29.5 Å². The third kappa shape index (κ3) is 3.53. The first-order valence-electron chi connectivity index (χ1n) is 6.65. The summed E-state index contributed by atoms with van der Waals surface area (Å²) in [5, 5.41) is 0. The lowest BCUT2D eigenvalue weighted by Gasteiger charge is -2.31. The number of carbonyl (C=O) groups is 1. The molecule has 4 heteroatoms. The molecule has 1 unspecified atom stereocenters. The van der Waals surface area contributed by atoms with Gasteiger partial charge in [0.25, 0.3) is 0 Å². The van der Waals surface area contributed by atoms with Crippen molar-refractivity contribution in [2.45, 2.75) is 26.3 Å². The van der Waals surface area contributed by atoms with E-state index in [1.165, 1.54) is 13.2 Å². The van der Waals surface area contributed by atoms with Gasteiger partial charge in [-0.2, -0.15) is 0 Å². The van der Waals surface area contributed by atoms with E-state index in [2.05, 4.69) is 4.90 Å². The van der Waals surface area contributed by atoms with Gasteiger partial charge in [-0.05, 0) is 49.6 Å². The maximum absolute atomic E-state index is 13.3. The first kappa shape index (κ1) is 14.0. The summed E-state index contributed by atoms with van der Waals surface area (Å²) in [6.45, 7) is 4.32. The summed E-state index contributed by atoms with van der Waals surface area (Å²) in [6.07, 6.45) is 1.86. The molecule has 0 aromatic heterocycles. The number of nitrogens with zero attached hydrogens (tertiary/aromatic N) is 1. The Morgan fingerprint density at radius 3 is 3.05 bits per heavy atom. The minimum Gasteiger partial charge on any atom is -0.469 e. The van der Waals surface area contributed by atoms with Gasteiger partial charge in [0.1, 0.15) is 5.82 Å². The van der Waals surface area contributed by atoms with Crippen LogP contribution in [0.2, 0.25) is 0 Å². The quantitative estimate of drug-likeness (QED) is 0.787. The van der Waals surface area contributed by atoms with Crippen molar-refractivity contribution in [1.82, 2.24) is 4.90 Å². The number of ether oxygens (including phenoxy) is 1. The highest BCUT2D eigenvalue weighted by Gasteiger charge is 2.26. The van der Waals surface area contributed by atoms with Crippen LogP contribution < -0.4 is 0 Å². The molecule has 0 saturated carbocycles. The van der Waals surface area contributed by atoms with Crippen LogP contribution in [0.1, 0.15) is 24.0 Å². The van der Waals surface area contributed by atoms with Gasteiger partial charge in [0, 0.05) is 13.1 Å². The van der Waals surface area contributed by atoms with Crippen molar-refractivity contribution in [1.29, 1.82) is 0 Å². The van der Waals surface area contributed by atoms with E-state index in [0.29, 0.717) is 13.1 Å². The molecule has 0 aliphatic carbocycles. The van der Waals surface area contributed by atoms with Crippen LogP contribution in [0.4, 0.5) is 4.39 Å². The smallest absolute Gasteiger partial charge is 0.309 e. The summed E-state index contributed by atoms with van der Waals surface area (Å²) in [6, 6.07) is 4.86. The molecular weight excluding hydrogens is 245 g/mol. The Bertz CT molecular complexity index is 461. The van der Waals surface area contributed by atoms with Crippen LogP contribution in [-0.2, 0) is 16.1 Å². The highest BCUT2D eigenvalue weighted by atomic mass is 19.1. The van der Waals surface area contributed by atoms with Crippen molar-refractivity contribution in [3.63, 3.8) is 0 Å². The van der Waals surface area contributed by atoms with Gasteiger partial charge >= 0.3 is 5.97 Å². The number of hydrogen-bond donors (Lipinski definition) is 0. The number of likely N-dealkylation sites (tertiary alicyclic amines) is 1. The van der Waals surface area contributed by atoms with Crippen molar-refractivity contribution < 1.29 is 13.9 Å². The number of methoxy groups -OCH3 is 1. The van der Waals surface area contributed by atoms with Crippen LogP contribution in [0, 0.1) is 18.7 Å². The number of benzene rings is 1. The number of hydrogen-bond acceptors (Lipinski definition) is 3. The summed E-state index contributed by atoms with van der Waals surface area (Å²) < 4.78 is 18.1. The zero-order valence-corrected chi connectivity index (χ0v) is 11.5. The van der Waals surface area contributed by atoms with Crippen molar-refractivity contribution in [3.8, 4) is 0 Å². The zero-order chi connectivity index (χ0) is 13.8. The average Bonchev–Trinajstić information content (AvgIpc) is 2.42. The van der Waals surface area contributed by atoms with Crippen LogP contribution in [0.15, 0.2) is 18.2 Å². The molecule has 0 N–H and O–H groups in total. The number of aryl methyl sites for hydroxylation is 1. The van der Waals surface area contributed by atoms with Crippen molar-refractivity contribution in [2.75, 3.05) is 20.2 Å². The predicted octanol–water partition coefficient (Wildman–Crippen LogP) is 2.52. The SMILES string of the molecule is COC(=O)C1CCCN(Cc2cc(F)ccc2C)C1. The van der Waals surface area contributed by atoms with Crippen molar-refractivity contribution >= 4 is 5.97 Å². The standard InChI is InChI=1S/C15H20FNO2/c1-11-5-6-14(16)8-13(11)10-17-7-3-4-12(9-17)15(18)19-2/h5-6,8,12H,3-4,7,9-10H2,1-2H3. The summed E-state index contributed by atoms with van der Waals surface area (Å²) in [5.41, 5.74) is 2.08. The van der Waals surface area contributed by atoms with Gasteiger partial charge in [-0.3, -0.25) is 9.69 Å². The summed E-state index contributed by atoms with van der Waals surface area (Å²) in [7, 11) is 1.43. The molecule has 3 nitrogen and oxygen atoms in total. The van der Waals surface area contributed by atoms with Gasteiger partial charge in [0.05, 0.1) is 13.0 Å². The van der Waals surface area contributed by atoms with Crippen molar-refractivity contribution in [3.05, 3.63) is 35.1 Å². The Hall–Kier alpha value is -1.42. The fourth-order valence-electron chi connectivity index (χ4n) is 2.61. The summed E-state index contributed by atoms with van der Waals surface area (Å²) in [4.78, 5) is 13.8. The highest BCUT2D eigenvalue weighted by Crippen LogP contribution is 2.21. The Morgan fingerprint density at radius 1 is 1.53 bits per heavy atom. The van der Waals surface area contributed by atoms with E-state index >= 15 is 0 Å². The molecule has 1 fully saturated rings.